The van der Waals surface area contributed by atoms with Crippen molar-refractivity contribution < 1.29 is 9.67 Å². The minimum absolute atomic E-state index is 0.104. The van der Waals surface area contributed by atoms with Gasteiger partial charge in [0.1, 0.15) is 18.1 Å². The third kappa shape index (κ3) is 4.81. The summed E-state index contributed by atoms with van der Waals surface area (Å²) in [7, 11) is -1.10. The molecule has 118 valence electrons. The molecule has 0 fully saturated rings. The van der Waals surface area contributed by atoms with Crippen molar-refractivity contribution in [2.24, 2.45) is 0 Å². The molecular formula is C18H30O2P+. The van der Waals surface area contributed by atoms with Gasteiger partial charge in [0, 0.05) is 6.42 Å². The van der Waals surface area contributed by atoms with E-state index in [0.717, 1.165) is 29.9 Å². The van der Waals surface area contributed by atoms with Gasteiger partial charge in [-0.25, -0.2) is 0 Å². The van der Waals surface area contributed by atoms with Crippen LogP contribution in [0, 0.1) is 0 Å². The van der Waals surface area contributed by atoms with Gasteiger partial charge in [-0.05, 0) is 34.4 Å². The number of phenols is 1. The Balaban J connectivity index is 3.31. The molecule has 0 bridgehead atoms. The second-order valence-corrected chi connectivity index (χ2v) is 9.85. The van der Waals surface area contributed by atoms with E-state index in [1.54, 1.807) is 0 Å². The molecule has 1 unspecified atom stereocenters. The minimum atomic E-state index is -1.10. The molecule has 1 atom stereocenters. The summed E-state index contributed by atoms with van der Waals surface area (Å²) in [6.07, 6.45) is 2.28. The Morgan fingerprint density at radius 1 is 1.00 bits per heavy atom. The number of rotatable bonds is 4. The fourth-order valence-electron chi connectivity index (χ4n) is 2.39. The predicted molar refractivity (Wildman–Crippen MR) is 92.2 cm³/mol. The highest BCUT2D eigenvalue weighted by molar-refractivity contribution is 7.44. The lowest BCUT2D eigenvalue weighted by molar-refractivity contribution is 0.423. The topological polar surface area (TPSA) is 37.3 Å². The molecule has 0 aromatic heterocycles. The summed E-state index contributed by atoms with van der Waals surface area (Å²) in [5.41, 5.74) is 2.94. The van der Waals surface area contributed by atoms with Crippen molar-refractivity contribution in [2.75, 3.05) is 12.3 Å². The molecule has 0 spiro atoms. The van der Waals surface area contributed by atoms with Crippen molar-refractivity contribution in [2.45, 2.75) is 65.7 Å². The van der Waals surface area contributed by atoms with Crippen LogP contribution in [0.25, 0.3) is 0 Å². The van der Waals surface area contributed by atoms with Crippen LogP contribution in [-0.4, -0.2) is 17.4 Å². The van der Waals surface area contributed by atoms with Crippen LogP contribution in [0.15, 0.2) is 12.1 Å². The van der Waals surface area contributed by atoms with E-state index in [1.807, 2.05) is 6.92 Å². The molecular weight excluding hydrogens is 279 g/mol. The molecule has 1 rings (SSSR count). The summed E-state index contributed by atoms with van der Waals surface area (Å²) >= 11 is 0. The fraction of sp³-hybridized carbons (Fsp3) is 0.667. The van der Waals surface area contributed by atoms with Crippen LogP contribution in [0.5, 0.6) is 5.75 Å². The van der Waals surface area contributed by atoms with Crippen LogP contribution in [0.2, 0.25) is 0 Å². The van der Waals surface area contributed by atoms with Crippen LogP contribution in [0.4, 0.5) is 0 Å². The monoisotopic (exact) mass is 309 g/mol. The van der Waals surface area contributed by atoms with Gasteiger partial charge in [0.25, 0.3) is 0 Å². The smallest absolute Gasteiger partial charge is 0.338 e. The highest BCUT2D eigenvalue weighted by Crippen LogP contribution is 2.40. The van der Waals surface area contributed by atoms with Crippen LogP contribution in [-0.2, 0) is 21.8 Å². The summed E-state index contributed by atoms with van der Waals surface area (Å²) in [5, 5.41) is 10.7. The molecule has 0 radical (unpaired) electrons. The number of aryl methyl sites for hydroxylation is 1. The van der Waals surface area contributed by atoms with Gasteiger partial charge in [-0.1, -0.05) is 58.2 Å². The van der Waals surface area contributed by atoms with Gasteiger partial charge in [-0.15, -0.1) is 0 Å². The number of phenolic OH excluding ortho intramolecular Hbond substituents is 1. The Kier molecular flexibility index (Phi) is 5.61. The zero-order valence-electron chi connectivity index (χ0n) is 14.6. The summed E-state index contributed by atoms with van der Waals surface area (Å²) in [6.45, 7) is 14.7. The summed E-state index contributed by atoms with van der Waals surface area (Å²) in [4.78, 5) is 0. The quantitative estimate of drug-likeness (QED) is 0.758. The first-order chi connectivity index (χ1) is 9.46. The molecule has 0 aliphatic carbocycles. The van der Waals surface area contributed by atoms with E-state index in [4.69, 9.17) is 0 Å². The zero-order valence-corrected chi connectivity index (χ0v) is 15.5. The Labute approximate surface area is 130 Å². The first-order valence-electron chi connectivity index (χ1n) is 7.75. The van der Waals surface area contributed by atoms with Crippen molar-refractivity contribution in [1.29, 1.82) is 0 Å². The molecule has 0 saturated carbocycles. The largest absolute Gasteiger partial charge is 0.507 e. The van der Waals surface area contributed by atoms with Crippen molar-refractivity contribution in [3.63, 3.8) is 0 Å². The van der Waals surface area contributed by atoms with Crippen molar-refractivity contribution in [3.8, 4) is 5.75 Å². The molecule has 0 aliphatic rings. The predicted octanol–water partition coefficient (Wildman–Crippen LogP) is 5.38. The van der Waals surface area contributed by atoms with E-state index in [-0.39, 0.29) is 10.8 Å². The molecule has 3 heteroatoms. The molecule has 21 heavy (non-hydrogen) atoms. The van der Waals surface area contributed by atoms with Crippen molar-refractivity contribution in [3.05, 3.63) is 28.8 Å². The van der Waals surface area contributed by atoms with Gasteiger partial charge in [0.05, 0.1) is 0 Å². The number of aromatic hydroxyl groups is 1. The highest BCUT2D eigenvalue weighted by Gasteiger charge is 2.26. The maximum Gasteiger partial charge on any atom is 0.338 e. The van der Waals surface area contributed by atoms with Crippen molar-refractivity contribution in [1.82, 2.24) is 0 Å². The summed E-state index contributed by atoms with van der Waals surface area (Å²) < 4.78 is 11.7. The lowest BCUT2D eigenvalue weighted by Gasteiger charge is -2.28. The first-order valence-corrected chi connectivity index (χ1v) is 9.38. The lowest BCUT2D eigenvalue weighted by atomic mass is 9.78. The molecule has 0 aliphatic heterocycles. The van der Waals surface area contributed by atoms with E-state index in [2.05, 4.69) is 53.7 Å². The lowest BCUT2D eigenvalue weighted by Crippen LogP contribution is -2.18. The Bertz CT molecular complexity index is 484. The Morgan fingerprint density at radius 3 is 1.76 bits per heavy atom. The second-order valence-electron chi connectivity index (χ2n) is 7.81. The van der Waals surface area contributed by atoms with Crippen molar-refractivity contribution >= 4 is 7.80 Å². The molecule has 1 N–H and O–H groups in total. The SMILES string of the molecule is CC[P+](=O)CCc1cc(C(C)(C)C)c(O)c(C(C)(C)C)c1. The second kappa shape index (κ2) is 6.48. The van der Waals surface area contributed by atoms with Gasteiger partial charge in [0.2, 0.25) is 0 Å². The van der Waals surface area contributed by atoms with Gasteiger partial charge in [0.15, 0.2) is 0 Å². The average molecular weight is 309 g/mol. The number of benzene rings is 1. The average Bonchev–Trinajstić information content (AvgIpc) is 2.34. The van der Waals surface area contributed by atoms with E-state index in [0.29, 0.717) is 5.75 Å². The standard InChI is InChI=1S/C18H29O2P/c1-8-21(20)10-9-13-11-14(17(2,3)4)16(19)15(12-13)18(5,6)7/h11-12H,8-10H2,1-7H3/p+1. The molecule has 1 aromatic rings. The van der Waals surface area contributed by atoms with E-state index in [9.17, 15) is 9.67 Å². The Hall–Kier alpha value is -0.880. The molecule has 0 amide bonds. The third-order valence-electron chi connectivity index (χ3n) is 3.79. The van der Waals surface area contributed by atoms with E-state index < -0.39 is 7.80 Å². The Morgan fingerprint density at radius 2 is 1.43 bits per heavy atom. The van der Waals surface area contributed by atoms with Crippen LogP contribution >= 0.6 is 7.80 Å². The molecule has 0 saturated heterocycles. The molecule has 0 heterocycles. The van der Waals surface area contributed by atoms with Gasteiger partial charge < -0.3 is 5.11 Å². The number of hydrogen-bond donors (Lipinski definition) is 1. The van der Waals surface area contributed by atoms with E-state index in [1.165, 1.54) is 5.56 Å². The maximum atomic E-state index is 11.7. The van der Waals surface area contributed by atoms with Gasteiger partial charge >= 0.3 is 7.80 Å². The summed E-state index contributed by atoms with van der Waals surface area (Å²) in [5.74, 6) is 0.415. The van der Waals surface area contributed by atoms with Crippen LogP contribution in [0.1, 0.15) is 65.2 Å². The van der Waals surface area contributed by atoms with Crippen LogP contribution < -0.4 is 0 Å². The van der Waals surface area contributed by atoms with Gasteiger partial charge in [-0.3, -0.25) is 0 Å². The maximum absolute atomic E-state index is 11.7. The normalized spacial score (nSPS) is 13.4. The summed E-state index contributed by atoms with van der Waals surface area (Å²) in [6, 6.07) is 4.17. The van der Waals surface area contributed by atoms with E-state index >= 15 is 0 Å². The zero-order chi connectivity index (χ0) is 16.4. The third-order valence-corrected chi connectivity index (χ3v) is 5.22. The fourth-order valence-corrected chi connectivity index (χ4v) is 3.22. The van der Waals surface area contributed by atoms with Crippen LogP contribution in [0.3, 0.4) is 0 Å². The van der Waals surface area contributed by atoms with Gasteiger partial charge in [-0.2, -0.15) is 0 Å². The minimum Gasteiger partial charge on any atom is -0.507 e. The highest BCUT2D eigenvalue weighted by atomic mass is 31.1. The molecule has 2 nitrogen and oxygen atoms in total. The molecule has 1 aromatic carbocycles. The first kappa shape index (κ1) is 18.2. The number of hydrogen-bond acceptors (Lipinski definition) is 2.